The highest BCUT2D eigenvalue weighted by Crippen LogP contribution is 2.23. The molecule has 0 aromatic carbocycles. The van der Waals surface area contributed by atoms with Gasteiger partial charge in [0.15, 0.2) is 16.6 Å². The predicted octanol–water partition coefficient (Wildman–Crippen LogP) is 3.40. The van der Waals surface area contributed by atoms with E-state index in [1.807, 2.05) is 6.26 Å². The molecule has 0 bridgehead atoms. The molecular weight excluding hydrogens is 323 g/mol. The average Bonchev–Trinajstić information content (AvgIpc) is 2.88. The van der Waals surface area contributed by atoms with E-state index in [1.54, 1.807) is 18.3 Å². The first-order valence-corrected chi connectivity index (χ1v) is 8.69. The number of anilines is 1. The first-order chi connectivity index (χ1) is 10.7. The highest BCUT2D eigenvalue weighted by molar-refractivity contribution is 7.99. The lowest BCUT2D eigenvalue weighted by atomic mass is 10.2. The molecule has 22 heavy (non-hydrogen) atoms. The average molecular weight is 336 g/mol. The summed E-state index contributed by atoms with van der Waals surface area (Å²) in [5.74, 6) is 0.826. The summed E-state index contributed by atoms with van der Waals surface area (Å²) >= 11 is 3.02. The normalized spacial score (nSPS) is 11.2. The summed E-state index contributed by atoms with van der Waals surface area (Å²) in [5, 5.41) is 1.94. The number of pyridine rings is 1. The molecule has 0 spiro atoms. The Morgan fingerprint density at radius 2 is 2.18 bits per heavy atom. The second-order valence-electron chi connectivity index (χ2n) is 4.47. The van der Waals surface area contributed by atoms with Crippen molar-refractivity contribution in [3.63, 3.8) is 0 Å². The molecule has 0 aliphatic carbocycles. The molecule has 0 fully saturated rings. The van der Waals surface area contributed by atoms with Gasteiger partial charge in [-0.15, -0.1) is 11.8 Å². The minimum atomic E-state index is -0.366. The maximum absolute atomic E-state index is 13.5. The maximum atomic E-state index is 13.5. The van der Waals surface area contributed by atoms with Gasteiger partial charge in [-0.05, 0) is 18.7 Å². The number of nitrogens with two attached hydrogens (primary N) is 1. The van der Waals surface area contributed by atoms with Gasteiger partial charge in [0.25, 0.3) is 0 Å². The van der Waals surface area contributed by atoms with Gasteiger partial charge in [-0.3, -0.25) is 4.98 Å². The number of furan rings is 1. The summed E-state index contributed by atoms with van der Waals surface area (Å²) in [6, 6.07) is 3.45. The quantitative estimate of drug-likeness (QED) is 0.434. The first-order valence-electron chi connectivity index (χ1n) is 6.48. The van der Waals surface area contributed by atoms with E-state index in [4.69, 9.17) is 10.2 Å². The van der Waals surface area contributed by atoms with E-state index in [-0.39, 0.29) is 5.82 Å². The fourth-order valence-electron chi connectivity index (χ4n) is 1.92. The Kier molecular flexibility index (Phi) is 4.49. The van der Waals surface area contributed by atoms with Crippen molar-refractivity contribution in [3.8, 4) is 0 Å². The molecule has 3 heterocycles. The molecule has 0 saturated carbocycles. The van der Waals surface area contributed by atoms with Crippen LogP contribution in [-0.2, 0) is 6.42 Å². The second kappa shape index (κ2) is 6.53. The third-order valence-electron chi connectivity index (χ3n) is 2.97. The summed E-state index contributed by atoms with van der Waals surface area (Å²) in [6.07, 6.45) is 5.25. The van der Waals surface area contributed by atoms with E-state index in [0.29, 0.717) is 28.4 Å². The molecule has 2 N–H and O–H groups in total. The Balaban J connectivity index is 1.66. The molecule has 3 aromatic heterocycles. The number of aryl methyl sites for hydroxylation is 1. The van der Waals surface area contributed by atoms with E-state index in [1.165, 1.54) is 23.5 Å². The molecule has 0 aliphatic heterocycles. The van der Waals surface area contributed by atoms with Crippen LogP contribution in [0.4, 0.5) is 10.2 Å². The van der Waals surface area contributed by atoms with Crippen molar-refractivity contribution in [1.29, 1.82) is 0 Å². The van der Waals surface area contributed by atoms with Gasteiger partial charge in [-0.25, -0.2) is 14.4 Å². The zero-order chi connectivity index (χ0) is 15.5. The van der Waals surface area contributed by atoms with Gasteiger partial charge >= 0.3 is 0 Å². The van der Waals surface area contributed by atoms with E-state index in [2.05, 4.69) is 15.0 Å². The molecule has 0 aliphatic rings. The lowest BCUT2D eigenvalue weighted by Gasteiger charge is -2.04. The number of aromatic nitrogens is 3. The summed E-state index contributed by atoms with van der Waals surface area (Å²) in [4.78, 5) is 12.8. The van der Waals surface area contributed by atoms with Gasteiger partial charge < -0.3 is 10.2 Å². The second-order valence-corrected chi connectivity index (χ2v) is 6.36. The molecular formula is C14H13FN4OS2. The summed E-state index contributed by atoms with van der Waals surface area (Å²) in [7, 11) is 0. The van der Waals surface area contributed by atoms with E-state index < -0.39 is 0 Å². The molecule has 0 saturated heterocycles. The van der Waals surface area contributed by atoms with Crippen LogP contribution < -0.4 is 5.73 Å². The standard InChI is InChI=1S/C14H13FN4OS2/c1-21-13-5-12(16)18-14(19-13)22-3-2-8-4-9-10(15)7-20-11(9)6-17-8/h4-7H,2-3H2,1H3,(H2,16,18,19). The highest BCUT2D eigenvalue weighted by Gasteiger charge is 2.08. The molecule has 3 aromatic rings. The van der Waals surface area contributed by atoms with E-state index in [9.17, 15) is 4.39 Å². The van der Waals surface area contributed by atoms with Crippen LogP contribution in [0.3, 0.4) is 0 Å². The van der Waals surface area contributed by atoms with Crippen LogP contribution in [-0.4, -0.2) is 27.0 Å². The molecule has 0 unspecified atom stereocenters. The van der Waals surface area contributed by atoms with Crippen LogP contribution >= 0.6 is 23.5 Å². The minimum absolute atomic E-state index is 0.366. The third-order valence-corrected chi connectivity index (χ3v) is 4.45. The van der Waals surface area contributed by atoms with Crippen molar-refractivity contribution >= 4 is 40.3 Å². The Bertz CT molecular complexity index is 809. The number of hydrogen-bond donors (Lipinski definition) is 1. The number of hydrogen-bond acceptors (Lipinski definition) is 7. The number of fused-ring (bicyclic) bond motifs is 1. The fourth-order valence-corrected chi connectivity index (χ4v) is 3.22. The van der Waals surface area contributed by atoms with Gasteiger partial charge in [0.05, 0.1) is 11.6 Å². The topological polar surface area (TPSA) is 77.8 Å². The monoisotopic (exact) mass is 336 g/mol. The predicted molar refractivity (Wildman–Crippen MR) is 86.6 cm³/mol. The van der Waals surface area contributed by atoms with Crippen LogP contribution in [0.5, 0.6) is 0 Å². The van der Waals surface area contributed by atoms with Crippen molar-refractivity contribution in [2.75, 3.05) is 17.7 Å². The number of nitrogen functional groups attached to an aromatic ring is 1. The Hall–Kier alpha value is -1.80. The zero-order valence-corrected chi connectivity index (χ0v) is 13.4. The van der Waals surface area contributed by atoms with Crippen LogP contribution in [0.25, 0.3) is 11.0 Å². The summed E-state index contributed by atoms with van der Waals surface area (Å²) in [5.41, 5.74) is 7.00. The number of halogens is 1. The van der Waals surface area contributed by atoms with Gasteiger partial charge in [0.2, 0.25) is 0 Å². The molecule has 8 heteroatoms. The van der Waals surface area contributed by atoms with Crippen molar-refractivity contribution < 1.29 is 8.81 Å². The van der Waals surface area contributed by atoms with Crippen LogP contribution in [0.15, 0.2) is 39.2 Å². The van der Waals surface area contributed by atoms with E-state index in [0.717, 1.165) is 22.7 Å². The Labute approximate surface area is 134 Å². The van der Waals surface area contributed by atoms with Crippen molar-refractivity contribution in [2.45, 2.75) is 16.6 Å². The molecule has 3 rings (SSSR count). The smallest absolute Gasteiger partial charge is 0.190 e. The molecule has 0 atom stereocenters. The maximum Gasteiger partial charge on any atom is 0.190 e. The minimum Gasteiger partial charge on any atom is -0.460 e. The Morgan fingerprint density at radius 3 is 3.00 bits per heavy atom. The Morgan fingerprint density at radius 1 is 1.32 bits per heavy atom. The van der Waals surface area contributed by atoms with E-state index >= 15 is 0 Å². The lowest BCUT2D eigenvalue weighted by Crippen LogP contribution is -1.98. The molecule has 114 valence electrons. The van der Waals surface area contributed by atoms with Crippen LogP contribution in [0, 0.1) is 5.82 Å². The lowest BCUT2D eigenvalue weighted by molar-refractivity contribution is 0.557. The first kappa shape index (κ1) is 15.1. The van der Waals surface area contributed by atoms with Crippen LogP contribution in [0.1, 0.15) is 5.69 Å². The number of nitrogens with zero attached hydrogens (tertiary/aromatic N) is 3. The summed E-state index contributed by atoms with van der Waals surface area (Å²) < 4.78 is 18.5. The SMILES string of the molecule is CSc1cc(N)nc(SCCc2cc3c(F)coc3cn2)n1. The number of thioether (sulfide) groups is 2. The van der Waals surface area contributed by atoms with Gasteiger partial charge in [0, 0.05) is 17.5 Å². The molecule has 0 radical (unpaired) electrons. The third kappa shape index (κ3) is 3.33. The number of rotatable bonds is 5. The van der Waals surface area contributed by atoms with Gasteiger partial charge in [0.1, 0.15) is 17.1 Å². The largest absolute Gasteiger partial charge is 0.460 e. The highest BCUT2D eigenvalue weighted by atomic mass is 32.2. The van der Waals surface area contributed by atoms with Crippen LogP contribution in [0.2, 0.25) is 0 Å². The van der Waals surface area contributed by atoms with Crippen molar-refractivity contribution in [1.82, 2.24) is 15.0 Å². The summed E-state index contributed by atoms with van der Waals surface area (Å²) in [6.45, 7) is 0. The molecule has 5 nitrogen and oxygen atoms in total. The van der Waals surface area contributed by atoms with Crippen molar-refractivity contribution in [2.24, 2.45) is 0 Å². The van der Waals surface area contributed by atoms with Gasteiger partial charge in [-0.1, -0.05) is 11.8 Å². The fraction of sp³-hybridized carbons (Fsp3) is 0.214. The van der Waals surface area contributed by atoms with Gasteiger partial charge in [-0.2, -0.15) is 0 Å². The zero-order valence-electron chi connectivity index (χ0n) is 11.7. The van der Waals surface area contributed by atoms with Crippen molar-refractivity contribution in [3.05, 3.63) is 36.1 Å². The molecule has 0 amide bonds.